The number of cyclic esters (lactones) is 1. The summed E-state index contributed by atoms with van der Waals surface area (Å²) in [5, 5.41) is 0. The van der Waals surface area contributed by atoms with Gasteiger partial charge in [0, 0.05) is 0 Å². The summed E-state index contributed by atoms with van der Waals surface area (Å²) in [6, 6.07) is 10.6. The van der Waals surface area contributed by atoms with Crippen LogP contribution in [0, 0.1) is 11.8 Å². The quantitative estimate of drug-likeness (QED) is 0.558. The van der Waals surface area contributed by atoms with E-state index in [1.165, 1.54) is 5.56 Å². The van der Waals surface area contributed by atoms with Crippen molar-refractivity contribution in [2.45, 2.75) is 25.2 Å². The van der Waals surface area contributed by atoms with Crippen LogP contribution in [0.25, 0.3) is 0 Å². The molecule has 0 N–H and O–H groups in total. The van der Waals surface area contributed by atoms with Crippen molar-refractivity contribution in [1.82, 2.24) is 0 Å². The van der Waals surface area contributed by atoms with Gasteiger partial charge >= 0.3 is 5.97 Å². The molecular weight excluding hydrogens is 224 g/mol. The summed E-state index contributed by atoms with van der Waals surface area (Å²) in [5.41, 5.74) is 1.36. The molecule has 3 atom stereocenters. The number of hydrogen-bond donors (Lipinski definition) is 0. The van der Waals surface area contributed by atoms with Gasteiger partial charge in [-0.1, -0.05) is 42.5 Å². The van der Waals surface area contributed by atoms with E-state index in [9.17, 15) is 4.79 Å². The SMILES string of the molecule is O=C1OCC[C@@H]2[C@@H]1CC=CC[C@@H]2c1ccccc1. The molecule has 0 spiro atoms. The molecule has 0 amide bonds. The fourth-order valence-corrected chi connectivity index (χ4v) is 3.28. The van der Waals surface area contributed by atoms with E-state index in [1.54, 1.807) is 0 Å². The highest BCUT2D eigenvalue weighted by Gasteiger charge is 2.38. The molecule has 3 rings (SSSR count). The minimum absolute atomic E-state index is 0.00117. The van der Waals surface area contributed by atoms with Gasteiger partial charge in [-0.2, -0.15) is 0 Å². The summed E-state index contributed by atoms with van der Waals surface area (Å²) in [6.07, 6.45) is 7.25. The van der Waals surface area contributed by atoms with Crippen LogP contribution in [0.15, 0.2) is 42.5 Å². The molecule has 18 heavy (non-hydrogen) atoms. The van der Waals surface area contributed by atoms with Gasteiger partial charge < -0.3 is 4.74 Å². The molecule has 1 aliphatic carbocycles. The zero-order valence-corrected chi connectivity index (χ0v) is 10.4. The van der Waals surface area contributed by atoms with Gasteiger partial charge in [-0.05, 0) is 36.7 Å². The predicted octanol–water partition coefficient (Wildman–Crippen LogP) is 3.30. The lowest BCUT2D eigenvalue weighted by Crippen LogP contribution is -2.35. The van der Waals surface area contributed by atoms with Crippen LogP contribution in [-0.4, -0.2) is 12.6 Å². The molecular formula is C16H18O2. The third-order valence-electron chi connectivity index (χ3n) is 4.21. The molecule has 2 nitrogen and oxygen atoms in total. The minimum atomic E-state index is -0.00117. The lowest BCUT2D eigenvalue weighted by atomic mass is 9.74. The van der Waals surface area contributed by atoms with Crippen molar-refractivity contribution in [2.75, 3.05) is 6.61 Å². The number of carbonyl (C=O) groups is 1. The Bertz CT molecular complexity index is 449. The largest absolute Gasteiger partial charge is 0.465 e. The fourth-order valence-electron chi connectivity index (χ4n) is 3.28. The molecule has 0 bridgehead atoms. The summed E-state index contributed by atoms with van der Waals surface area (Å²) in [6.45, 7) is 0.587. The van der Waals surface area contributed by atoms with Gasteiger partial charge in [0.05, 0.1) is 12.5 Å². The Labute approximate surface area is 108 Å². The van der Waals surface area contributed by atoms with Gasteiger partial charge in [0.15, 0.2) is 0 Å². The second-order valence-electron chi connectivity index (χ2n) is 5.19. The average molecular weight is 242 g/mol. The van der Waals surface area contributed by atoms with E-state index in [2.05, 4.69) is 36.4 Å². The topological polar surface area (TPSA) is 26.3 Å². The highest BCUT2D eigenvalue weighted by Crippen LogP contribution is 2.41. The van der Waals surface area contributed by atoms with Gasteiger partial charge in [0.25, 0.3) is 0 Å². The Kier molecular flexibility index (Phi) is 3.18. The second-order valence-corrected chi connectivity index (χ2v) is 5.19. The number of carbonyl (C=O) groups excluding carboxylic acids is 1. The van der Waals surface area contributed by atoms with Gasteiger partial charge in [-0.25, -0.2) is 0 Å². The number of esters is 1. The molecule has 1 aromatic rings. The van der Waals surface area contributed by atoms with E-state index in [4.69, 9.17) is 4.74 Å². The lowest BCUT2D eigenvalue weighted by molar-refractivity contribution is -0.157. The van der Waals surface area contributed by atoms with Gasteiger partial charge in [0.2, 0.25) is 0 Å². The van der Waals surface area contributed by atoms with E-state index < -0.39 is 0 Å². The molecule has 1 aromatic carbocycles. The highest BCUT2D eigenvalue weighted by atomic mass is 16.5. The van der Waals surface area contributed by atoms with Crippen molar-refractivity contribution >= 4 is 5.97 Å². The molecule has 0 unspecified atom stereocenters. The zero-order valence-electron chi connectivity index (χ0n) is 10.4. The van der Waals surface area contributed by atoms with E-state index >= 15 is 0 Å². The van der Waals surface area contributed by atoms with Crippen molar-refractivity contribution in [3.05, 3.63) is 48.0 Å². The van der Waals surface area contributed by atoms with E-state index in [0.717, 1.165) is 19.3 Å². The Morgan fingerprint density at radius 1 is 1.00 bits per heavy atom. The van der Waals surface area contributed by atoms with Crippen LogP contribution in [0.4, 0.5) is 0 Å². The molecule has 2 aliphatic rings. The maximum absolute atomic E-state index is 11.9. The number of allylic oxidation sites excluding steroid dienone is 2. The third kappa shape index (κ3) is 2.07. The summed E-state index contributed by atoms with van der Waals surface area (Å²) in [5.74, 6) is 0.952. The molecule has 0 aromatic heterocycles. The number of ether oxygens (including phenoxy) is 1. The average Bonchev–Trinajstić information content (AvgIpc) is 2.63. The molecule has 1 saturated heterocycles. The van der Waals surface area contributed by atoms with Crippen LogP contribution < -0.4 is 0 Å². The molecule has 1 heterocycles. The Morgan fingerprint density at radius 3 is 2.50 bits per heavy atom. The first-order valence-electron chi connectivity index (χ1n) is 6.73. The second kappa shape index (κ2) is 4.97. The molecule has 1 fully saturated rings. The monoisotopic (exact) mass is 242 g/mol. The Morgan fingerprint density at radius 2 is 1.72 bits per heavy atom. The minimum Gasteiger partial charge on any atom is -0.465 e. The number of benzene rings is 1. The number of rotatable bonds is 1. The van der Waals surface area contributed by atoms with Crippen molar-refractivity contribution in [3.63, 3.8) is 0 Å². The number of hydrogen-bond acceptors (Lipinski definition) is 2. The fraction of sp³-hybridized carbons (Fsp3) is 0.438. The van der Waals surface area contributed by atoms with Crippen LogP contribution >= 0.6 is 0 Å². The maximum Gasteiger partial charge on any atom is 0.309 e. The van der Waals surface area contributed by atoms with Crippen molar-refractivity contribution in [3.8, 4) is 0 Å². The van der Waals surface area contributed by atoms with Crippen LogP contribution in [0.3, 0.4) is 0 Å². The van der Waals surface area contributed by atoms with E-state index in [1.807, 2.05) is 6.07 Å². The zero-order chi connectivity index (χ0) is 12.4. The smallest absolute Gasteiger partial charge is 0.309 e. The predicted molar refractivity (Wildman–Crippen MR) is 70.1 cm³/mol. The standard InChI is InChI=1S/C16H18O2/c17-16-15-9-5-4-8-13(14(15)10-11-18-16)12-6-2-1-3-7-12/h1-7,13-15H,8-11H2/t13-,14+,15+/m1/s1. The summed E-state index contributed by atoms with van der Waals surface area (Å²) >= 11 is 0. The molecule has 94 valence electrons. The maximum atomic E-state index is 11.9. The first kappa shape index (κ1) is 11.5. The first-order valence-corrected chi connectivity index (χ1v) is 6.73. The third-order valence-corrected chi connectivity index (χ3v) is 4.21. The Hall–Kier alpha value is -1.57. The van der Waals surface area contributed by atoms with Crippen LogP contribution in [0.5, 0.6) is 0 Å². The van der Waals surface area contributed by atoms with Crippen molar-refractivity contribution < 1.29 is 9.53 Å². The lowest BCUT2D eigenvalue weighted by Gasteiger charge is -2.34. The van der Waals surface area contributed by atoms with Crippen molar-refractivity contribution in [2.24, 2.45) is 11.8 Å². The van der Waals surface area contributed by atoms with Gasteiger partial charge in [0.1, 0.15) is 0 Å². The molecule has 0 saturated carbocycles. The van der Waals surface area contributed by atoms with Crippen LogP contribution in [0.2, 0.25) is 0 Å². The molecule has 1 aliphatic heterocycles. The van der Waals surface area contributed by atoms with E-state index in [-0.39, 0.29) is 11.9 Å². The summed E-state index contributed by atoms with van der Waals surface area (Å²) < 4.78 is 5.21. The van der Waals surface area contributed by atoms with Crippen LogP contribution in [-0.2, 0) is 9.53 Å². The van der Waals surface area contributed by atoms with Crippen LogP contribution in [0.1, 0.15) is 30.7 Å². The normalized spacial score (nSPS) is 31.3. The summed E-state index contributed by atoms with van der Waals surface area (Å²) in [4.78, 5) is 11.9. The van der Waals surface area contributed by atoms with E-state index in [0.29, 0.717) is 18.4 Å². The molecule has 2 heteroatoms. The first-order chi connectivity index (χ1) is 8.86. The molecule has 0 radical (unpaired) electrons. The highest BCUT2D eigenvalue weighted by molar-refractivity contribution is 5.74. The summed E-state index contributed by atoms with van der Waals surface area (Å²) in [7, 11) is 0. The Balaban J connectivity index is 1.92. The number of fused-ring (bicyclic) bond motifs is 1. The van der Waals surface area contributed by atoms with Crippen molar-refractivity contribution in [1.29, 1.82) is 0 Å². The van der Waals surface area contributed by atoms with Gasteiger partial charge in [-0.3, -0.25) is 4.79 Å². The van der Waals surface area contributed by atoms with Gasteiger partial charge in [-0.15, -0.1) is 0 Å².